The molecule has 86 valence electrons. The van der Waals surface area contributed by atoms with Crippen molar-refractivity contribution >= 4 is 21.1 Å². The second-order valence-electron chi connectivity index (χ2n) is 3.43. The van der Waals surface area contributed by atoms with Crippen LogP contribution < -0.4 is 0 Å². The van der Waals surface area contributed by atoms with Gasteiger partial charge < -0.3 is 0 Å². The topological polar surface area (TPSA) is 0 Å². The Bertz CT molecular complexity index is 176. The molecule has 0 amide bonds. The molecule has 0 saturated carbocycles. The Balaban J connectivity index is 4.78. The molecule has 0 heterocycles. The Morgan fingerprint density at radius 1 is 0.786 bits per heavy atom. The molecule has 0 aromatic rings. The van der Waals surface area contributed by atoms with Crippen LogP contribution in [0.3, 0.4) is 0 Å². The first-order valence-electron chi connectivity index (χ1n) is 3.47. The quantitative estimate of drug-likeness (QED) is 0.384. The molecule has 0 bridgehead atoms. The van der Waals surface area contributed by atoms with Crippen molar-refractivity contribution in [2.24, 2.45) is 0 Å². The number of hydrogen-bond donors (Lipinski definition) is 0. The van der Waals surface area contributed by atoms with Gasteiger partial charge in [-0.05, 0) is 0 Å². The van der Waals surface area contributed by atoms with Crippen LogP contribution in [0.2, 0.25) is 4.31 Å². The number of halogens is 6. The Kier molecular flexibility index (Phi) is 4.34. The van der Waals surface area contributed by atoms with Gasteiger partial charge in [0.1, 0.15) is 0 Å². The molecule has 0 saturated heterocycles. The van der Waals surface area contributed by atoms with E-state index in [1.165, 1.54) is 20.8 Å². The Morgan fingerprint density at radius 3 is 1.14 bits per heavy atom. The second kappa shape index (κ2) is 4.18. The van der Waals surface area contributed by atoms with Crippen LogP contribution in [0, 0.1) is 0 Å². The Morgan fingerprint density at radius 2 is 1.07 bits per heavy atom. The first-order chi connectivity index (χ1) is 5.84. The van der Waals surface area contributed by atoms with E-state index in [4.69, 9.17) is 0 Å². The van der Waals surface area contributed by atoms with Crippen LogP contribution in [-0.2, 0) is 0 Å². The van der Waals surface area contributed by atoms with Gasteiger partial charge in [0.2, 0.25) is 0 Å². The molecule has 0 aromatic carbocycles. The van der Waals surface area contributed by atoms with Gasteiger partial charge in [-0.25, -0.2) is 0 Å². The summed E-state index contributed by atoms with van der Waals surface area (Å²) in [6, 6.07) is 0. The SMILES string of the molecule is CC(C)(C)[Se]P(C(F)(F)F)C(F)(F)F. The second-order valence-corrected chi connectivity index (χ2v) is 11.2. The average molecular weight is 305 g/mol. The van der Waals surface area contributed by atoms with E-state index in [2.05, 4.69) is 0 Å². The van der Waals surface area contributed by atoms with Crippen molar-refractivity contribution in [3.8, 4) is 0 Å². The summed E-state index contributed by atoms with van der Waals surface area (Å²) in [5.74, 6) is -10.2. The number of hydrogen-bond acceptors (Lipinski definition) is 0. The van der Waals surface area contributed by atoms with Crippen molar-refractivity contribution in [2.45, 2.75) is 36.9 Å². The first kappa shape index (κ1) is 14.5. The molecule has 0 aliphatic heterocycles. The van der Waals surface area contributed by atoms with Gasteiger partial charge in [0, 0.05) is 0 Å². The maximum atomic E-state index is 12.1. The van der Waals surface area contributed by atoms with Gasteiger partial charge in [-0.3, -0.25) is 0 Å². The monoisotopic (exact) mass is 306 g/mol. The maximum absolute atomic E-state index is 12.1. The van der Waals surface area contributed by atoms with Crippen LogP contribution in [-0.4, -0.2) is 26.3 Å². The summed E-state index contributed by atoms with van der Waals surface area (Å²) in [6.45, 7) is 0.298. The fraction of sp³-hybridized carbons (Fsp3) is 1.00. The third kappa shape index (κ3) is 5.42. The van der Waals surface area contributed by atoms with Gasteiger partial charge in [-0.1, -0.05) is 0 Å². The van der Waals surface area contributed by atoms with Gasteiger partial charge in [0.15, 0.2) is 0 Å². The van der Waals surface area contributed by atoms with E-state index in [-0.39, 0.29) is 0 Å². The van der Waals surface area contributed by atoms with E-state index in [1.54, 1.807) is 0 Å². The summed E-state index contributed by atoms with van der Waals surface area (Å²) in [5, 5.41) is 0. The summed E-state index contributed by atoms with van der Waals surface area (Å²) in [4.78, 5) is 0. The molecule has 0 aliphatic carbocycles. The molecule has 0 unspecified atom stereocenters. The Labute approximate surface area is 84.9 Å². The standard InChI is InChI=1S/C6H9F6PSe/c1-4(2,3)14-13(5(7,8)9)6(10,11)12/h1-3H3. The molecule has 0 aromatic heterocycles. The fourth-order valence-electron chi connectivity index (χ4n) is 0.521. The van der Waals surface area contributed by atoms with Crippen LogP contribution in [0.5, 0.6) is 0 Å². The third-order valence-corrected chi connectivity index (χ3v) is 9.68. The zero-order valence-electron chi connectivity index (χ0n) is 7.62. The first-order valence-corrected chi connectivity index (χ1v) is 7.88. The van der Waals surface area contributed by atoms with Crippen LogP contribution in [0.4, 0.5) is 26.3 Å². The van der Waals surface area contributed by atoms with Crippen molar-refractivity contribution in [3.05, 3.63) is 0 Å². The summed E-state index contributed by atoms with van der Waals surface area (Å²) >= 11 is -1.49. The molecule has 0 N–H and O–H groups in total. The molecular weight excluding hydrogens is 296 g/mol. The minimum atomic E-state index is -5.12. The molecule has 0 rings (SSSR count). The normalized spacial score (nSPS) is 15.0. The molecule has 0 aliphatic rings. The zero-order chi connectivity index (χ0) is 11.8. The van der Waals surface area contributed by atoms with Crippen molar-refractivity contribution in [2.75, 3.05) is 0 Å². The van der Waals surface area contributed by atoms with Crippen molar-refractivity contribution < 1.29 is 26.3 Å². The van der Waals surface area contributed by atoms with E-state index >= 15 is 0 Å². The zero-order valence-corrected chi connectivity index (χ0v) is 10.2. The van der Waals surface area contributed by atoms with E-state index in [0.717, 1.165) is 0 Å². The van der Waals surface area contributed by atoms with Crippen LogP contribution in [0.25, 0.3) is 0 Å². The van der Waals surface area contributed by atoms with Gasteiger partial charge >= 0.3 is 84.4 Å². The van der Waals surface area contributed by atoms with Crippen LogP contribution >= 0.6 is 6.61 Å². The van der Waals surface area contributed by atoms with Gasteiger partial charge in [0.25, 0.3) is 0 Å². The molecule has 8 heteroatoms. The van der Waals surface area contributed by atoms with Crippen molar-refractivity contribution in [1.82, 2.24) is 0 Å². The summed E-state index contributed by atoms with van der Waals surface area (Å²) in [6.07, 6.45) is 0. The predicted octanol–water partition coefficient (Wildman–Crippen LogP) is 4.35. The molecule has 0 spiro atoms. The van der Waals surface area contributed by atoms with E-state index in [1.807, 2.05) is 0 Å². The predicted molar refractivity (Wildman–Crippen MR) is 44.5 cm³/mol. The number of rotatable bonds is 1. The molecule has 0 nitrogen and oxygen atoms in total. The Hall–Kier alpha value is 0.529. The summed E-state index contributed by atoms with van der Waals surface area (Å²) < 4.78 is 71.5. The fourth-order valence-corrected chi connectivity index (χ4v) is 6.31. The van der Waals surface area contributed by atoms with E-state index in [0.29, 0.717) is 0 Å². The molecular formula is C6H9F6PSe. The third-order valence-electron chi connectivity index (χ3n) is 0.826. The van der Waals surface area contributed by atoms with Crippen LogP contribution in [0.15, 0.2) is 0 Å². The van der Waals surface area contributed by atoms with E-state index in [9.17, 15) is 26.3 Å². The van der Waals surface area contributed by atoms with Crippen molar-refractivity contribution in [3.63, 3.8) is 0 Å². The van der Waals surface area contributed by atoms with Gasteiger partial charge in [0.05, 0.1) is 0 Å². The summed E-state index contributed by atoms with van der Waals surface area (Å²) in [7, 11) is 0. The van der Waals surface area contributed by atoms with E-state index < -0.39 is 37.3 Å². The molecule has 0 fully saturated rings. The summed E-state index contributed by atoms with van der Waals surface area (Å²) in [5.41, 5.74) is 0. The van der Waals surface area contributed by atoms with Crippen molar-refractivity contribution in [1.29, 1.82) is 0 Å². The van der Waals surface area contributed by atoms with Crippen LogP contribution in [0.1, 0.15) is 20.8 Å². The van der Waals surface area contributed by atoms with Gasteiger partial charge in [-0.2, -0.15) is 0 Å². The van der Waals surface area contributed by atoms with Gasteiger partial charge in [-0.15, -0.1) is 0 Å². The molecule has 0 atom stereocenters. The average Bonchev–Trinajstić information content (AvgIpc) is 1.75. The molecule has 14 heavy (non-hydrogen) atoms. The minimum absolute atomic E-state index is 0.913. The number of alkyl halides is 6. The molecule has 0 radical (unpaired) electrons.